The van der Waals surface area contributed by atoms with E-state index in [1.165, 1.54) is 24.8 Å². The first-order valence-electron chi connectivity index (χ1n) is 4.93. The molecular weight excluding hydrogens is 240 g/mol. The van der Waals surface area contributed by atoms with E-state index < -0.39 is 0 Å². The van der Waals surface area contributed by atoms with Gasteiger partial charge >= 0.3 is 0 Å². The molecular formula is C11H15BrN2. The number of halogens is 1. The van der Waals surface area contributed by atoms with Gasteiger partial charge in [0.1, 0.15) is 0 Å². The Bertz CT molecular complexity index is 340. The van der Waals surface area contributed by atoms with Crippen molar-refractivity contribution in [3.8, 4) is 0 Å². The molecule has 0 spiro atoms. The smallest absolute Gasteiger partial charge is 0.0461 e. The van der Waals surface area contributed by atoms with Gasteiger partial charge in [0.25, 0.3) is 0 Å². The van der Waals surface area contributed by atoms with Crippen LogP contribution in [0.4, 0.5) is 5.69 Å². The van der Waals surface area contributed by atoms with Crippen LogP contribution in [0.5, 0.6) is 0 Å². The topological polar surface area (TPSA) is 52.0 Å². The molecule has 0 atom stereocenters. The summed E-state index contributed by atoms with van der Waals surface area (Å²) >= 11 is 3.40. The minimum atomic E-state index is 0.217. The zero-order valence-electron chi connectivity index (χ0n) is 8.09. The normalized spacial score (nSPS) is 19.0. The minimum Gasteiger partial charge on any atom is -0.398 e. The van der Waals surface area contributed by atoms with Crippen LogP contribution >= 0.6 is 15.9 Å². The summed E-state index contributed by atoms with van der Waals surface area (Å²) in [5.74, 6) is 0. The van der Waals surface area contributed by atoms with E-state index in [4.69, 9.17) is 11.5 Å². The van der Waals surface area contributed by atoms with Gasteiger partial charge in [0.15, 0.2) is 0 Å². The maximum absolute atomic E-state index is 5.86. The van der Waals surface area contributed by atoms with Crippen molar-refractivity contribution in [3.63, 3.8) is 0 Å². The molecule has 0 aliphatic heterocycles. The molecule has 1 aromatic rings. The molecule has 0 saturated heterocycles. The van der Waals surface area contributed by atoms with Crippen molar-refractivity contribution in [2.24, 2.45) is 5.73 Å². The maximum atomic E-state index is 5.86. The molecule has 1 saturated carbocycles. The summed E-state index contributed by atoms with van der Waals surface area (Å²) in [5, 5.41) is 0. The number of rotatable bonds is 2. The second-order valence-corrected chi connectivity index (χ2v) is 4.93. The molecule has 1 aliphatic carbocycles. The highest BCUT2D eigenvalue weighted by Crippen LogP contribution is 2.43. The van der Waals surface area contributed by atoms with Crippen molar-refractivity contribution in [3.05, 3.63) is 28.2 Å². The van der Waals surface area contributed by atoms with Crippen molar-refractivity contribution >= 4 is 21.6 Å². The molecule has 0 aromatic heterocycles. The van der Waals surface area contributed by atoms with E-state index in [2.05, 4.69) is 28.1 Å². The lowest BCUT2D eigenvalue weighted by Crippen LogP contribution is -2.41. The van der Waals surface area contributed by atoms with Gasteiger partial charge in [0.2, 0.25) is 0 Å². The van der Waals surface area contributed by atoms with Crippen LogP contribution in [-0.4, -0.2) is 6.54 Å². The quantitative estimate of drug-likeness (QED) is 0.797. The van der Waals surface area contributed by atoms with Crippen LogP contribution in [0.25, 0.3) is 0 Å². The Morgan fingerprint density at radius 3 is 2.50 bits per heavy atom. The van der Waals surface area contributed by atoms with Crippen LogP contribution in [-0.2, 0) is 5.41 Å². The first-order valence-corrected chi connectivity index (χ1v) is 5.73. The number of hydrogen-bond acceptors (Lipinski definition) is 2. The van der Waals surface area contributed by atoms with Crippen LogP contribution in [0.3, 0.4) is 0 Å². The molecule has 1 fully saturated rings. The van der Waals surface area contributed by atoms with Crippen LogP contribution in [0.1, 0.15) is 24.8 Å². The number of benzene rings is 1. The van der Waals surface area contributed by atoms with E-state index in [1.807, 2.05) is 6.07 Å². The zero-order chi connectivity index (χ0) is 10.2. The molecule has 1 aromatic carbocycles. The summed E-state index contributed by atoms with van der Waals surface area (Å²) in [6.07, 6.45) is 3.68. The van der Waals surface area contributed by atoms with Crippen LogP contribution in [0.15, 0.2) is 22.7 Å². The van der Waals surface area contributed by atoms with Gasteiger partial charge in [-0.2, -0.15) is 0 Å². The van der Waals surface area contributed by atoms with E-state index in [0.29, 0.717) is 0 Å². The Kier molecular flexibility index (Phi) is 2.54. The molecule has 76 valence electrons. The zero-order valence-corrected chi connectivity index (χ0v) is 9.68. The lowest BCUT2D eigenvalue weighted by molar-refractivity contribution is 0.253. The Morgan fingerprint density at radius 2 is 2.07 bits per heavy atom. The summed E-state index contributed by atoms with van der Waals surface area (Å²) in [7, 11) is 0. The fraction of sp³-hybridized carbons (Fsp3) is 0.455. The summed E-state index contributed by atoms with van der Waals surface area (Å²) < 4.78 is 0.966. The second kappa shape index (κ2) is 3.55. The average Bonchev–Trinajstić information content (AvgIpc) is 2.10. The summed E-state index contributed by atoms with van der Waals surface area (Å²) in [6, 6.07) is 6.20. The predicted octanol–water partition coefficient (Wildman–Crippen LogP) is 2.41. The molecule has 2 rings (SSSR count). The lowest BCUT2D eigenvalue weighted by Gasteiger charge is -2.41. The summed E-state index contributed by atoms with van der Waals surface area (Å²) in [4.78, 5) is 0. The van der Waals surface area contributed by atoms with Crippen molar-refractivity contribution in [1.82, 2.24) is 0 Å². The van der Waals surface area contributed by atoms with E-state index in [-0.39, 0.29) is 5.41 Å². The molecule has 0 bridgehead atoms. The summed E-state index contributed by atoms with van der Waals surface area (Å²) in [5.41, 5.74) is 14.0. The van der Waals surface area contributed by atoms with Crippen molar-refractivity contribution in [1.29, 1.82) is 0 Å². The van der Waals surface area contributed by atoms with Gasteiger partial charge in [-0.3, -0.25) is 0 Å². The molecule has 0 radical (unpaired) electrons. The van der Waals surface area contributed by atoms with Crippen LogP contribution < -0.4 is 11.5 Å². The molecule has 2 nitrogen and oxygen atoms in total. The Hall–Kier alpha value is -0.540. The number of anilines is 1. The highest BCUT2D eigenvalue weighted by atomic mass is 79.9. The molecule has 0 amide bonds. The van der Waals surface area contributed by atoms with Gasteiger partial charge in [-0.15, -0.1) is 0 Å². The minimum absolute atomic E-state index is 0.217. The lowest BCUT2D eigenvalue weighted by atomic mass is 9.64. The second-order valence-electron chi connectivity index (χ2n) is 4.07. The fourth-order valence-electron chi connectivity index (χ4n) is 2.09. The largest absolute Gasteiger partial charge is 0.398 e. The van der Waals surface area contributed by atoms with Gasteiger partial charge in [-0.1, -0.05) is 12.5 Å². The first-order chi connectivity index (χ1) is 6.68. The monoisotopic (exact) mass is 254 g/mol. The SMILES string of the molecule is NCC1(c2ccc(Br)c(N)c2)CCC1. The third-order valence-corrected chi connectivity index (χ3v) is 4.03. The third kappa shape index (κ3) is 1.44. The molecule has 0 unspecified atom stereocenters. The number of nitrogen functional groups attached to an aromatic ring is 1. The number of nitrogens with two attached hydrogens (primary N) is 2. The average molecular weight is 255 g/mol. The van der Waals surface area contributed by atoms with Gasteiger partial charge in [0.05, 0.1) is 0 Å². The standard InChI is InChI=1S/C11H15BrN2/c12-9-3-2-8(6-10(9)14)11(7-13)4-1-5-11/h2-3,6H,1,4-5,7,13-14H2. The predicted molar refractivity (Wildman–Crippen MR) is 63.1 cm³/mol. The van der Waals surface area contributed by atoms with Crippen LogP contribution in [0.2, 0.25) is 0 Å². The molecule has 3 heteroatoms. The van der Waals surface area contributed by atoms with Gasteiger partial charge in [-0.25, -0.2) is 0 Å². The third-order valence-electron chi connectivity index (χ3n) is 3.31. The van der Waals surface area contributed by atoms with Gasteiger partial charge in [-0.05, 0) is 46.5 Å². The maximum Gasteiger partial charge on any atom is 0.0461 e. The summed E-state index contributed by atoms with van der Waals surface area (Å²) in [6.45, 7) is 0.730. The van der Waals surface area contributed by atoms with E-state index >= 15 is 0 Å². The van der Waals surface area contributed by atoms with Crippen molar-refractivity contribution in [2.75, 3.05) is 12.3 Å². The highest BCUT2D eigenvalue weighted by molar-refractivity contribution is 9.10. The van der Waals surface area contributed by atoms with Crippen molar-refractivity contribution in [2.45, 2.75) is 24.7 Å². The van der Waals surface area contributed by atoms with Crippen molar-refractivity contribution < 1.29 is 0 Å². The molecule has 1 aliphatic rings. The molecule has 14 heavy (non-hydrogen) atoms. The van der Waals surface area contributed by atoms with E-state index in [1.54, 1.807) is 0 Å². The highest BCUT2D eigenvalue weighted by Gasteiger charge is 2.37. The Labute approximate surface area is 92.8 Å². The number of hydrogen-bond donors (Lipinski definition) is 2. The van der Waals surface area contributed by atoms with Gasteiger partial charge < -0.3 is 11.5 Å². The van der Waals surface area contributed by atoms with E-state index in [9.17, 15) is 0 Å². The van der Waals surface area contributed by atoms with Crippen LogP contribution in [0, 0.1) is 0 Å². The van der Waals surface area contributed by atoms with E-state index in [0.717, 1.165) is 16.7 Å². The first kappa shape index (κ1) is 9.99. The fourth-order valence-corrected chi connectivity index (χ4v) is 2.33. The molecule has 0 heterocycles. The Morgan fingerprint density at radius 1 is 1.36 bits per heavy atom. The van der Waals surface area contributed by atoms with Gasteiger partial charge in [0, 0.05) is 22.1 Å². The molecule has 4 N–H and O–H groups in total. The Balaban J connectivity index is 2.36.